The number of para-hydroxylation sites is 1. The zero-order valence-corrected chi connectivity index (χ0v) is 18.0. The Kier molecular flexibility index (Phi) is 6.66. The third-order valence-corrected chi connectivity index (χ3v) is 6.59. The SMILES string of the molecule is O=C(CN1CCCc2ccccc21)NNC(=O)c1ccccc1SCc1cscn1. The molecule has 0 unspecified atom stereocenters. The number of rotatable bonds is 6. The van der Waals surface area contributed by atoms with E-state index in [1.807, 2.05) is 41.8 Å². The Balaban J connectivity index is 1.33. The van der Waals surface area contributed by atoms with Gasteiger partial charge in [0.05, 0.1) is 23.3 Å². The Morgan fingerprint density at radius 2 is 1.93 bits per heavy atom. The summed E-state index contributed by atoms with van der Waals surface area (Å²) in [6.45, 7) is 1.03. The highest BCUT2D eigenvalue weighted by molar-refractivity contribution is 7.98. The van der Waals surface area contributed by atoms with E-state index in [9.17, 15) is 9.59 Å². The lowest BCUT2D eigenvalue weighted by Crippen LogP contribution is -2.47. The van der Waals surface area contributed by atoms with Crippen molar-refractivity contribution in [3.05, 3.63) is 76.2 Å². The van der Waals surface area contributed by atoms with Crippen LogP contribution in [0.25, 0.3) is 0 Å². The van der Waals surface area contributed by atoms with Crippen molar-refractivity contribution in [2.45, 2.75) is 23.5 Å². The van der Waals surface area contributed by atoms with Crippen LogP contribution in [0.3, 0.4) is 0 Å². The summed E-state index contributed by atoms with van der Waals surface area (Å²) in [5, 5.41) is 1.99. The first kappa shape index (κ1) is 20.4. The van der Waals surface area contributed by atoms with Gasteiger partial charge in [-0.05, 0) is 36.6 Å². The fourth-order valence-electron chi connectivity index (χ4n) is 3.42. The predicted octanol–water partition coefficient (Wildman–Crippen LogP) is 3.65. The molecule has 8 heteroatoms. The first-order chi connectivity index (χ1) is 14.7. The van der Waals surface area contributed by atoms with E-state index in [0.29, 0.717) is 11.3 Å². The van der Waals surface area contributed by atoms with Crippen molar-refractivity contribution < 1.29 is 9.59 Å². The van der Waals surface area contributed by atoms with Gasteiger partial charge in [-0.2, -0.15) is 0 Å². The van der Waals surface area contributed by atoms with Crippen LogP contribution in [-0.2, 0) is 17.0 Å². The number of hydrazine groups is 1. The number of nitrogens with zero attached hydrogens (tertiary/aromatic N) is 2. The number of aryl methyl sites for hydroxylation is 1. The molecule has 0 aliphatic carbocycles. The topological polar surface area (TPSA) is 74.3 Å². The van der Waals surface area contributed by atoms with Crippen LogP contribution in [0.4, 0.5) is 5.69 Å². The molecule has 4 rings (SSSR count). The lowest BCUT2D eigenvalue weighted by atomic mass is 10.0. The van der Waals surface area contributed by atoms with Crippen molar-refractivity contribution in [2.75, 3.05) is 18.0 Å². The van der Waals surface area contributed by atoms with Crippen LogP contribution in [0.5, 0.6) is 0 Å². The second-order valence-electron chi connectivity index (χ2n) is 6.92. The largest absolute Gasteiger partial charge is 0.362 e. The van der Waals surface area contributed by atoms with Crippen LogP contribution in [0.15, 0.2) is 64.3 Å². The van der Waals surface area contributed by atoms with E-state index < -0.39 is 0 Å². The quantitative estimate of drug-likeness (QED) is 0.454. The van der Waals surface area contributed by atoms with Crippen LogP contribution in [0.1, 0.15) is 28.0 Å². The highest BCUT2D eigenvalue weighted by atomic mass is 32.2. The number of hydrogen-bond donors (Lipinski definition) is 2. The molecule has 2 heterocycles. The minimum atomic E-state index is -0.330. The number of nitrogens with one attached hydrogen (secondary N) is 2. The summed E-state index contributed by atoms with van der Waals surface area (Å²) >= 11 is 3.10. The summed E-state index contributed by atoms with van der Waals surface area (Å²) in [4.78, 5) is 32.3. The molecule has 0 spiro atoms. The van der Waals surface area contributed by atoms with E-state index in [1.54, 1.807) is 34.7 Å². The Morgan fingerprint density at radius 3 is 2.80 bits per heavy atom. The van der Waals surface area contributed by atoms with Crippen LogP contribution >= 0.6 is 23.1 Å². The molecule has 0 saturated carbocycles. The average molecular weight is 439 g/mol. The van der Waals surface area contributed by atoms with Crippen molar-refractivity contribution in [2.24, 2.45) is 0 Å². The number of hydrogen-bond acceptors (Lipinski definition) is 6. The molecule has 0 saturated heterocycles. The molecule has 2 N–H and O–H groups in total. The van der Waals surface area contributed by atoms with Crippen molar-refractivity contribution in [3.8, 4) is 0 Å². The number of amides is 2. The summed E-state index contributed by atoms with van der Waals surface area (Å²) in [5.74, 6) is 0.116. The van der Waals surface area contributed by atoms with Crippen LogP contribution in [0, 0.1) is 0 Å². The highest BCUT2D eigenvalue weighted by Crippen LogP contribution is 2.27. The third-order valence-electron chi connectivity index (χ3n) is 4.85. The normalized spacial score (nSPS) is 12.9. The van der Waals surface area contributed by atoms with Gasteiger partial charge < -0.3 is 4.90 Å². The maximum absolute atomic E-state index is 12.7. The third kappa shape index (κ3) is 5.01. The van der Waals surface area contributed by atoms with E-state index >= 15 is 0 Å². The molecular formula is C22H22N4O2S2. The van der Waals surface area contributed by atoms with Gasteiger partial charge in [0.2, 0.25) is 0 Å². The van der Waals surface area contributed by atoms with Crippen LogP contribution in [0.2, 0.25) is 0 Å². The fraction of sp³-hybridized carbons (Fsp3) is 0.227. The van der Waals surface area contributed by atoms with Gasteiger partial charge in [-0.3, -0.25) is 20.4 Å². The molecule has 3 aromatic rings. The molecule has 154 valence electrons. The van der Waals surface area contributed by atoms with E-state index in [2.05, 4.69) is 26.8 Å². The lowest BCUT2D eigenvalue weighted by molar-refractivity contribution is -0.120. The number of benzene rings is 2. The Bertz CT molecular complexity index is 1020. The van der Waals surface area contributed by atoms with Gasteiger partial charge in [0, 0.05) is 28.3 Å². The minimum Gasteiger partial charge on any atom is -0.362 e. The summed E-state index contributed by atoms with van der Waals surface area (Å²) in [6.07, 6.45) is 2.04. The monoisotopic (exact) mass is 438 g/mol. The highest BCUT2D eigenvalue weighted by Gasteiger charge is 2.19. The minimum absolute atomic E-state index is 0.206. The summed E-state index contributed by atoms with van der Waals surface area (Å²) in [6, 6.07) is 15.5. The first-order valence-electron chi connectivity index (χ1n) is 9.71. The molecule has 6 nitrogen and oxygen atoms in total. The maximum Gasteiger partial charge on any atom is 0.270 e. The molecule has 0 fully saturated rings. The van der Waals surface area contributed by atoms with Crippen LogP contribution in [-0.4, -0.2) is 29.9 Å². The van der Waals surface area contributed by atoms with Gasteiger partial charge in [0.25, 0.3) is 11.8 Å². The van der Waals surface area contributed by atoms with Gasteiger partial charge >= 0.3 is 0 Å². The average Bonchev–Trinajstić information content (AvgIpc) is 3.30. The molecule has 1 aliphatic rings. The molecule has 2 aromatic carbocycles. The Labute approximate surface area is 183 Å². The van der Waals surface area contributed by atoms with Crippen molar-refractivity contribution in [1.29, 1.82) is 0 Å². The molecule has 2 amide bonds. The van der Waals surface area contributed by atoms with E-state index in [0.717, 1.165) is 35.7 Å². The summed E-state index contributed by atoms with van der Waals surface area (Å²) in [7, 11) is 0. The second-order valence-corrected chi connectivity index (χ2v) is 8.66. The van der Waals surface area contributed by atoms with Gasteiger partial charge in [0.15, 0.2) is 0 Å². The number of carbonyl (C=O) groups is 2. The summed E-state index contributed by atoms with van der Waals surface area (Å²) in [5.41, 5.74) is 10.8. The molecule has 1 aromatic heterocycles. The standard InChI is InChI=1S/C22H22N4O2S2/c27-21(12-26-11-5-7-16-6-1-3-9-19(16)26)24-25-22(28)18-8-2-4-10-20(18)30-14-17-13-29-15-23-17/h1-4,6,8-10,13,15H,5,7,11-12,14H2,(H,24,27)(H,25,28). The van der Waals surface area contributed by atoms with Crippen molar-refractivity contribution in [3.63, 3.8) is 0 Å². The van der Waals surface area contributed by atoms with Gasteiger partial charge in [0.1, 0.15) is 0 Å². The second kappa shape index (κ2) is 9.77. The number of thioether (sulfide) groups is 1. The smallest absolute Gasteiger partial charge is 0.270 e. The van der Waals surface area contributed by atoms with Gasteiger partial charge in [-0.1, -0.05) is 30.3 Å². The Hall–Kier alpha value is -2.84. The van der Waals surface area contributed by atoms with Crippen molar-refractivity contribution in [1.82, 2.24) is 15.8 Å². The molecule has 0 radical (unpaired) electrons. The van der Waals surface area contributed by atoms with E-state index in [4.69, 9.17) is 0 Å². The van der Waals surface area contributed by atoms with Crippen LogP contribution < -0.4 is 15.8 Å². The zero-order chi connectivity index (χ0) is 20.8. The number of fused-ring (bicyclic) bond motifs is 1. The number of thiazole rings is 1. The molecule has 30 heavy (non-hydrogen) atoms. The van der Waals surface area contributed by atoms with Gasteiger partial charge in [-0.15, -0.1) is 23.1 Å². The Morgan fingerprint density at radius 1 is 1.10 bits per heavy atom. The number of carbonyl (C=O) groups excluding carboxylic acids is 2. The molecule has 1 aliphatic heterocycles. The number of aromatic nitrogens is 1. The molecule has 0 bridgehead atoms. The van der Waals surface area contributed by atoms with E-state index in [-0.39, 0.29) is 18.4 Å². The fourth-order valence-corrected chi connectivity index (χ4v) is 5.04. The molecular weight excluding hydrogens is 416 g/mol. The summed E-state index contributed by atoms with van der Waals surface area (Å²) < 4.78 is 0. The van der Waals surface area contributed by atoms with Gasteiger partial charge in [-0.25, -0.2) is 4.98 Å². The maximum atomic E-state index is 12.7. The zero-order valence-electron chi connectivity index (χ0n) is 16.3. The van der Waals surface area contributed by atoms with E-state index in [1.165, 1.54) is 5.56 Å². The van der Waals surface area contributed by atoms with Crippen molar-refractivity contribution >= 4 is 40.6 Å². The molecule has 0 atom stereocenters. The first-order valence-corrected chi connectivity index (χ1v) is 11.6. The predicted molar refractivity (Wildman–Crippen MR) is 121 cm³/mol. The number of anilines is 1. The lowest BCUT2D eigenvalue weighted by Gasteiger charge is -2.30.